The van der Waals surface area contributed by atoms with Gasteiger partial charge in [0.2, 0.25) is 5.56 Å². The smallest absolute Gasteiger partial charge is 0.254 e. The number of aromatic amines is 1. The number of benzene rings is 1. The van der Waals surface area contributed by atoms with Gasteiger partial charge in [0.25, 0.3) is 5.91 Å². The average Bonchev–Trinajstić information content (AvgIpc) is 2.47. The summed E-state index contributed by atoms with van der Waals surface area (Å²) in [6.07, 6.45) is 1.47. The molecule has 0 saturated heterocycles. The van der Waals surface area contributed by atoms with Crippen LogP contribution in [-0.4, -0.2) is 28.9 Å². The Balaban J connectivity index is 2.20. The minimum Gasteiger partial charge on any atom is -0.333 e. The molecular weight excluding hydrogens is 254 g/mol. The molecule has 0 atom stereocenters. The molecule has 1 heterocycles. The SMILES string of the molecule is NCCN(Cc1ccccc1)C(=O)c1cc[nH]c(=O)c1. The maximum atomic E-state index is 12.4. The van der Waals surface area contributed by atoms with Crippen LogP contribution in [0.15, 0.2) is 53.5 Å². The largest absolute Gasteiger partial charge is 0.333 e. The Morgan fingerprint density at radius 1 is 1.20 bits per heavy atom. The highest BCUT2D eigenvalue weighted by Gasteiger charge is 2.15. The maximum Gasteiger partial charge on any atom is 0.254 e. The third-order valence-electron chi connectivity index (χ3n) is 2.92. The monoisotopic (exact) mass is 271 g/mol. The molecule has 0 spiro atoms. The molecule has 20 heavy (non-hydrogen) atoms. The van der Waals surface area contributed by atoms with Crippen molar-refractivity contribution in [1.29, 1.82) is 0 Å². The number of hydrogen-bond acceptors (Lipinski definition) is 3. The summed E-state index contributed by atoms with van der Waals surface area (Å²) in [6, 6.07) is 12.6. The summed E-state index contributed by atoms with van der Waals surface area (Å²) in [5.74, 6) is -0.189. The fraction of sp³-hybridized carbons (Fsp3) is 0.200. The first kappa shape index (κ1) is 14.0. The summed E-state index contributed by atoms with van der Waals surface area (Å²) in [7, 11) is 0. The quantitative estimate of drug-likeness (QED) is 0.850. The highest BCUT2D eigenvalue weighted by Crippen LogP contribution is 2.08. The van der Waals surface area contributed by atoms with Crippen molar-refractivity contribution in [3.05, 3.63) is 70.1 Å². The lowest BCUT2D eigenvalue weighted by molar-refractivity contribution is 0.0748. The van der Waals surface area contributed by atoms with Crippen molar-refractivity contribution in [2.45, 2.75) is 6.54 Å². The summed E-state index contributed by atoms with van der Waals surface area (Å²) >= 11 is 0. The van der Waals surface area contributed by atoms with E-state index in [1.54, 1.807) is 11.0 Å². The maximum absolute atomic E-state index is 12.4. The molecule has 0 unspecified atom stereocenters. The third kappa shape index (κ3) is 3.55. The molecule has 0 radical (unpaired) electrons. The third-order valence-corrected chi connectivity index (χ3v) is 2.92. The molecule has 0 aliphatic carbocycles. The molecule has 3 N–H and O–H groups in total. The number of nitrogens with one attached hydrogen (secondary N) is 1. The van der Waals surface area contributed by atoms with Crippen LogP contribution in [0.25, 0.3) is 0 Å². The van der Waals surface area contributed by atoms with Gasteiger partial charge in [0.05, 0.1) is 0 Å². The average molecular weight is 271 g/mol. The number of nitrogens with two attached hydrogens (primary N) is 1. The van der Waals surface area contributed by atoms with Gasteiger partial charge in [-0.15, -0.1) is 0 Å². The van der Waals surface area contributed by atoms with Crippen molar-refractivity contribution in [1.82, 2.24) is 9.88 Å². The molecule has 2 aromatic rings. The number of amides is 1. The van der Waals surface area contributed by atoms with Gasteiger partial charge < -0.3 is 15.6 Å². The first-order valence-corrected chi connectivity index (χ1v) is 6.42. The molecule has 1 aromatic carbocycles. The Morgan fingerprint density at radius 2 is 1.95 bits per heavy atom. The molecule has 0 bridgehead atoms. The number of H-pyrrole nitrogens is 1. The molecule has 1 amide bonds. The molecule has 1 aromatic heterocycles. The Bertz CT molecular complexity index is 622. The number of carbonyl (C=O) groups excluding carboxylic acids is 1. The van der Waals surface area contributed by atoms with Gasteiger partial charge in [0, 0.05) is 37.5 Å². The van der Waals surface area contributed by atoms with Crippen LogP contribution in [-0.2, 0) is 6.54 Å². The van der Waals surface area contributed by atoms with Crippen molar-refractivity contribution in [3.8, 4) is 0 Å². The van der Waals surface area contributed by atoms with E-state index in [9.17, 15) is 9.59 Å². The van der Waals surface area contributed by atoms with Crippen molar-refractivity contribution >= 4 is 5.91 Å². The zero-order valence-corrected chi connectivity index (χ0v) is 11.1. The van der Waals surface area contributed by atoms with Gasteiger partial charge in [-0.1, -0.05) is 30.3 Å². The number of nitrogens with zero attached hydrogens (tertiary/aromatic N) is 1. The van der Waals surface area contributed by atoms with E-state index in [0.29, 0.717) is 25.2 Å². The Hall–Kier alpha value is -2.40. The van der Waals surface area contributed by atoms with Gasteiger partial charge in [0.15, 0.2) is 0 Å². The zero-order valence-electron chi connectivity index (χ0n) is 11.1. The van der Waals surface area contributed by atoms with E-state index >= 15 is 0 Å². The van der Waals surface area contributed by atoms with Crippen LogP contribution in [0.3, 0.4) is 0 Å². The Labute approximate surface area is 117 Å². The summed E-state index contributed by atoms with van der Waals surface area (Å²) in [6.45, 7) is 1.30. The Kier molecular flexibility index (Phi) is 4.68. The van der Waals surface area contributed by atoms with Crippen LogP contribution in [0.5, 0.6) is 0 Å². The number of hydrogen-bond donors (Lipinski definition) is 2. The van der Waals surface area contributed by atoms with Crippen molar-refractivity contribution in [2.24, 2.45) is 5.73 Å². The van der Waals surface area contributed by atoms with E-state index in [1.807, 2.05) is 30.3 Å². The Morgan fingerprint density at radius 3 is 2.60 bits per heavy atom. The van der Waals surface area contributed by atoms with Gasteiger partial charge in [0.1, 0.15) is 0 Å². The fourth-order valence-corrected chi connectivity index (χ4v) is 1.97. The van der Waals surface area contributed by atoms with Gasteiger partial charge in [-0.3, -0.25) is 9.59 Å². The van der Waals surface area contributed by atoms with E-state index in [2.05, 4.69) is 4.98 Å². The molecular formula is C15H17N3O2. The molecule has 2 rings (SSSR count). The van der Waals surface area contributed by atoms with Crippen LogP contribution < -0.4 is 11.3 Å². The standard InChI is InChI=1S/C15H17N3O2/c16-7-9-18(11-12-4-2-1-3-5-12)15(20)13-6-8-17-14(19)10-13/h1-6,8,10H,7,9,11,16H2,(H,17,19). The summed E-state index contributed by atoms with van der Waals surface area (Å²) in [4.78, 5) is 27.8. The minimum atomic E-state index is -0.289. The van der Waals surface area contributed by atoms with Gasteiger partial charge in [-0.25, -0.2) is 0 Å². The van der Waals surface area contributed by atoms with Gasteiger partial charge >= 0.3 is 0 Å². The van der Waals surface area contributed by atoms with Crippen molar-refractivity contribution in [3.63, 3.8) is 0 Å². The first-order valence-electron chi connectivity index (χ1n) is 6.42. The lowest BCUT2D eigenvalue weighted by Crippen LogP contribution is -2.35. The summed E-state index contributed by atoms with van der Waals surface area (Å²) in [5, 5.41) is 0. The lowest BCUT2D eigenvalue weighted by Gasteiger charge is -2.22. The lowest BCUT2D eigenvalue weighted by atomic mass is 10.2. The number of rotatable bonds is 5. The second-order valence-corrected chi connectivity index (χ2v) is 4.44. The van der Waals surface area contributed by atoms with Crippen molar-refractivity contribution in [2.75, 3.05) is 13.1 Å². The van der Waals surface area contributed by atoms with Crippen LogP contribution in [0.1, 0.15) is 15.9 Å². The number of pyridine rings is 1. The predicted octanol–water partition coefficient (Wildman–Crippen LogP) is 0.976. The topological polar surface area (TPSA) is 79.2 Å². The van der Waals surface area contributed by atoms with Crippen LogP contribution in [0.4, 0.5) is 0 Å². The van der Waals surface area contributed by atoms with E-state index in [0.717, 1.165) is 5.56 Å². The first-order chi connectivity index (χ1) is 9.70. The van der Waals surface area contributed by atoms with Crippen LogP contribution in [0, 0.1) is 0 Å². The highest BCUT2D eigenvalue weighted by atomic mass is 16.2. The van der Waals surface area contributed by atoms with Gasteiger partial charge in [-0.05, 0) is 11.6 Å². The summed E-state index contributed by atoms with van der Waals surface area (Å²) in [5.41, 5.74) is 6.68. The van der Waals surface area contributed by atoms with Gasteiger partial charge in [-0.2, -0.15) is 0 Å². The number of carbonyl (C=O) groups is 1. The molecule has 0 aliphatic rings. The molecule has 5 heteroatoms. The predicted molar refractivity (Wildman–Crippen MR) is 77.3 cm³/mol. The highest BCUT2D eigenvalue weighted by molar-refractivity contribution is 5.94. The number of aromatic nitrogens is 1. The van der Waals surface area contributed by atoms with Crippen LogP contribution in [0.2, 0.25) is 0 Å². The molecule has 0 fully saturated rings. The summed E-state index contributed by atoms with van der Waals surface area (Å²) < 4.78 is 0. The second kappa shape index (κ2) is 6.68. The van der Waals surface area contributed by atoms with E-state index in [-0.39, 0.29) is 11.5 Å². The molecule has 104 valence electrons. The molecule has 0 saturated carbocycles. The van der Waals surface area contributed by atoms with E-state index in [1.165, 1.54) is 12.3 Å². The van der Waals surface area contributed by atoms with E-state index < -0.39 is 0 Å². The molecule has 5 nitrogen and oxygen atoms in total. The zero-order chi connectivity index (χ0) is 14.4. The fourth-order valence-electron chi connectivity index (χ4n) is 1.97. The minimum absolute atomic E-state index is 0.189. The second-order valence-electron chi connectivity index (χ2n) is 4.44. The van der Waals surface area contributed by atoms with Crippen LogP contribution >= 0.6 is 0 Å². The molecule has 0 aliphatic heterocycles. The van der Waals surface area contributed by atoms with E-state index in [4.69, 9.17) is 5.73 Å². The normalized spacial score (nSPS) is 10.2. The van der Waals surface area contributed by atoms with Crippen molar-refractivity contribution < 1.29 is 4.79 Å².